The van der Waals surface area contributed by atoms with Gasteiger partial charge in [-0.1, -0.05) is 34.1 Å². The number of fused-ring (bicyclic) bond motifs is 2. The molecule has 0 aliphatic carbocycles. The van der Waals surface area contributed by atoms with E-state index in [2.05, 4.69) is 31.1 Å². The van der Waals surface area contributed by atoms with Gasteiger partial charge < -0.3 is 0 Å². The minimum atomic E-state index is -3.15. The van der Waals surface area contributed by atoms with Crippen molar-refractivity contribution in [2.75, 3.05) is 0 Å². The highest BCUT2D eigenvalue weighted by atomic mass is 79.9. The summed E-state index contributed by atoms with van der Waals surface area (Å²) in [5, 5.41) is 8.51. The van der Waals surface area contributed by atoms with Crippen molar-refractivity contribution in [3.8, 4) is 0 Å². The topological polar surface area (TPSA) is 38.1 Å². The standard InChI is InChI=1S/C19H13BrF3N3/c1-18(2)19(22,23)13-9-11(20)6-7-12(13)17(24-18)15-8-10-4-3-5-14(21)16(10)26-25-15/h3-9H,1-2H3. The minimum Gasteiger partial charge on any atom is -0.270 e. The van der Waals surface area contributed by atoms with Crippen molar-refractivity contribution >= 4 is 32.5 Å². The Labute approximate surface area is 156 Å². The lowest BCUT2D eigenvalue weighted by atomic mass is 9.82. The zero-order chi connectivity index (χ0) is 18.7. The number of aliphatic imine (C=N–C) groups is 1. The van der Waals surface area contributed by atoms with Gasteiger partial charge >= 0.3 is 0 Å². The average molecular weight is 420 g/mol. The minimum absolute atomic E-state index is 0.122. The molecule has 4 rings (SSSR count). The van der Waals surface area contributed by atoms with E-state index < -0.39 is 17.3 Å². The molecule has 0 atom stereocenters. The molecule has 2 heterocycles. The monoisotopic (exact) mass is 419 g/mol. The Morgan fingerprint density at radius 1 is 1.00 bits per heavy atom. The predicted octanol–water partition coefficient (Wildman–Crippen LogP) is 5.25. The van der Waals surface area contributed by atoms with Gasteiger partial charge in [-0.15, -0.1) is 10.2 Å². The van der Waals surface area contributed by atoms with E-state index in [-0.39, 0.29) is 11.1 Å². The van der Waals surface area contributed by atoms with Crippen LogP contribution in [0.1, 0.15) is 30.7 Å². The van der Waals surface area contributed by atoms with Crippen LogP contribution < -0.4 is 0 Å². The maximum absolute atomic E-state index is 14.9. The lowest BCUT2D eigenvalue weighted by molar-refractivity contribution is -0.0682. The van der Waals surface area contributed by atoms with Crippen LogP contribution in [0.25, 0.3) is 10.9 Å². The Bertz CT molecular complexity index is 1080. The molecular weight excluding hydrogens is 407 g/mol. The fourth-order valence-electron chi connectivity index (χ4n) is 3.07. The fraction of sp³-hybridized carbons (Fsp3) is 0.211. The smallest absolute Gasteiger partial charge is 0.270 e. The van der Waals surface area contributed by atoms with Gasteiger partial charge in [0.15, 0.2) is 5.82 Å². The number of halogens is 4. The number of rotatable bonds is 1. The lowest BCUT2D eigenvalue weighted by Gasteiger charge is -2.37. The van der Waals surface area contributed by atoms with Crippen LogP contribution in [0.4, 0.5) is 13.2 Å². The molecule has 0 saturated heterocycles. The molecule has 2 aromatic carbocycles. The first-order valence-corrected chi connectivity index (χ1v) is 8.70. The fourth-order valence-corrected chi connectivity index (χ4v) is 3.43. The third kappa shape index (κ3) is 2.45. The molecule has 0 N–H and O–H groups in total. The zero-order valence-electron chi connectivity index (χ0n) is 13.9. The Hall–Kier alpha value is -2.28. The van der Waals surface area contributed by atoms with E-state index in [1.165, 1.54) is 26.0 Å². The highest BCUT2D eigenvalue weighted by Gasteiger charge is 2.53. The van der Waals surface area contributed by atoms with Crippen LogP contribution in [-0.4, -0.2) is 21.4 Å². The largest absolute Gasteiger partial charge is 0.297 e. The summed E-state index contributed by atoms with van der Waals surface area (Å²) in [6, 6.07) is 10.8. The van der Waals surface area contributed by atoms with Crippen molar-refractivity contribution in [1.29, 1.82) is 0 Å². The molecule has 0 saturated carbocycles. The van der Waals surface area contributed by atoms with E-state index in [1.807, 2.05) is 0 Å². The molecule has 0 spiro atoms. The molecule has 132 valence electrons. The number of nitrogens with zero attached hydrogens (tertiary/aromatic N) is 3. The van der Waals surface area contributed by atoms with E-state index >= 15 is 0 Å². The predicted molar refractivity (Wildman–Crippen MR) is 97.3 cm³/mol. The van der Waals surface area contributed by atoms with Gasteiger partial charge in [0, 0.05) is 21.0 Å². The second-order valence-corrected chi connectivity index (χ2v) is 7.61. The number of benzene rings is 2. The van der Waals surface area contributed by atoms with Crippen LogP contribution in [0.15, 0.2) is 51.9 Å². The van der Waals surface area contributed by atoms with Gasteiger partial charge in [-0.2, -0.15) is 8.78 Å². The van der Waals surface area contributed by atoms with Crippen molar-refractivity contribution in [3.05, 3.63) is 69.6 Å². The van der Waals surface area contributed by atoms with Crippen LogP contribution in [0.3, 0.4) is 0 Å². The van der Waals surface area contributed by atoms with Crippen LogP contribution in [0.5, 0.6) is 0 Å². The van der Waals surface area contributed by atoms with Gasteiger partial charge in [0.2, 0.25) is 0 Å². The molecule has 3 aromatic rings. The summed E-state index contributed by atoms with van der Waals surface area (Å²) in [4.78, 5) is 4.29. The first-order valence-electron chi connectivity index (χ1n) is 7.91. The first kappa shape index (κ1) is 17.1. The highest BCUT2D eigenvalue weighted by Crippen LogP contribution is 2.47. The van der Waals surface area contributed by atoms with Gasteiger partial charge in [0.1, 0.15) is 16.7 Å². The Kier molecular flexibility index (Phi) is 3.70. The molecule has 0 bridgehead atoms. The molecule has 1 aromatic heterocycles. The van der Waals surface area contributed by atoms with Crippen LogP contribution in [0.2, 0.25) is 0 Å². The Morgan fingerprint density at radius 2 is 1.77 bits per heavy atom. The molecule has 26 heavy (non-hydrogen) atoms. The van der Waals surface area contributed by atoms with E-state index in [0.717, 1.165) is 0 Å². The third-order valence-corrected chi connectivity index (χ3v) is 5.04. The lowest BCUT2D eigenvalue weighted by Crippen LogP contribution is -2.44. The molecule has 0 radical (unpaired) electrons. The van der Waals surface area contributed by atoms with Gasteiger partial charge in [-0.05, 0) is 38.1 Å². The molecule has 3 nitrogen and oxygen atoms in total. The van der Waals surface area contributed by atoms with Gasteiger partial charge in [0.05, 0.1) is 5.71 Å². The SMILES string of the molecule is CC1(C)N=C(c2cc3cccc(F)c3nn2)c2ccc(Br)cc2C1(F)F. The number of hydrogen-bond donors (Lipinski definition) is 0. The highest BCUT2D eigenvalue weighted by molar-refractivity contribution is 9.10. The zero-order valence-corrected chi connectivity index (χ0v) is 15.5. The molecule has 1 aliphatic rings. The van der Waals surface area contributed by atoms with Crippen LogP contribution in [0, 0.1) is 5.82 Å². The second kappa shape index (κ2) is 5.61. The molecule has 7 heteroatoms. The van der Waals surface area contributed by atoms with Crippen molar-refractivity contribution in [1.82, 2.24) is 10.2 Å². The van der Waals surface area contributed by atoms with Crippen LogP contribution >= 0.6 is 15.9 Å². The van der Waals surface area contributed by atoms with E-state index in [4.69, 9.17) is 0 Å². The van der Waals surface area contributed by atoms with Gasteiger partial charge in [0.25, 0.3) is 5.92 Å². The number of aromatic nitrogens is 2. The molecule has 0 fully saturated rings. The summed E-state index contributed by atoms with van der Waals surface area (Å²) >= 11 is 3.25. The second-order valence-electron chi connectivity index (χ2n) is 6.69. The maximum atomic E-state index is 14.9. The number of hydrogen-bond acceptors (Lipinski definition) is 3. The maximum Gasteiger partial charge on any atom is 0.297 e. The summed E-state index contributed by atoms with van der Waals surface area (Å²) in [6.07, 6.45) is 0. The van der Waals surface area contributed by atoms with Crippen LogP contribution in [-0.2, 0) is 5.92 Å². The van der Waals surface area contributed by atoms with Gasteiger partial charge in [-0.25, -0.2) is 4.39 Å². The molecule has 1 aliphatic heterocycles. The summed E-state index contributed by atoms with van der Waals surface area (Å²) in [5.74, 6) is -3.63. The molecular formula is C19H13BrF3N3. The number of alkyl halides is 2. The van der Waals surface area contributed by atoms with Crippen molar-refractivity contribution in [2.45, 2.75) is 25.3 Å². The van der Waals surface area contributed by atoms with E-state index in [0.29, 0.717) is 26.8 Å². The summed E-state index contributed by atoms with van der Waals surface area (Å²) in [5.41, 5.74) is -0.703. The van der Waals surface area contributed by atoms with Crippen molar-refractivity contribution < 1.29 is 13.2 Å². The Morgan fingerprint density at radius 3 is 2.54 bits per heavy atom. The molecule has 0 unspecified atom stereocenters. The average Bonchev–Trinajstić information content (AvgIpc) is 2.59. The Balaban J connectivity index is 1.98. The molecule has 0 amide bonds. The van der Waals surface area contributed by atoms with Gasteiger partial charge in [-0.3, -0.25) is 4.99 Å². The summed E-state index contributed by atoms with van der Waals surface area (Å²) in [7, 11) is 0. The first-order chi connectivity index (χ1) is 12.2. The third-order valence-electron chi connectivity index (χ3n) is 4.55. The van der Waals surface area contributed by atoms with Crippen molar-refractivity contribution in [2.24, 2.45) is 4.99 Å². The summed E-state index contributed by atoms with van der Waals surface area (Å²) in [6.45, 7) is 2.76. The summed E-state index contributed by atoms with van der Waals surface area (Å²) < 4.78 is 44.3. The van der Waals surface area contributed by atoms with Crippen molar-refractivity contribution in [3.63, 3.8) is 0 Å². The van der Waals surface area contributed by atoms with E-state index in [1.54, 1.807) is 30.3 Å². The quantitative estimate of drug-likeness (QED) is 0.539. The normalized spacial score (nSPS) is 17.7. The van der Waals surface area contributed by atoms with E-state index in [9.17, 15) is 13.2 Å².